The number of morpholine rings is 1. The highest BCUT2D eigenvalue weighted by molar-refractivity contribution is 7.13. The smallest absolute Gasteiger partial charge is 0.230 e. The van der Waals surface area contributed by atoms with Gasteiger partial charge in [-0.3, -0.25) is 14.7 Å². The first-order valence-electron chi connectivity index (χ1n) is 10.7. The fraction of sp³-hybridized carbons (Fsp3) is 0.240. The SMILES string of the molecule is O=C(Cc1csc(-c2cccc(CN3CCOCC3)c2)n1)Nc1cccc2cccnc12. The molecule has 0 aliphatic carbocycles. The van der Waals surface area contributed by atoms with E-state index < -0.39 is 0 Å². The average Bonchev–Trinajstić information content (AvgIpc) is 3.29. The molecule has 1 fully saturated rings. The number of hydrogen-bond acceptors (Lipinski definition) is 6. The predicted molar refractivity (Wildman–Crippen MR) is 128 cm³/mol. The van der Waals surface area contributed by atoms with Crippen LogP contribution in [0, 0.1) is 0 Å². The van der Waals surface area contributed by atoms with Crippen LogP contribution in [-0.2, 0) is 22.5 Å². The standard InChI is InChI=1S/C25H24N4O2S/c30-23(28-22-8-2-5-19-7-3-9-26-24(19)22)15-21-17-32-25(27-21)20-6-1-4-18(14-20)16-29-10-12-31-13-11-29/h1-9,14,17H,10-13,15-16H2,(H,28,30). The topological polar surface area (TPSA) is 67.4 Å². The van der Waals surface area contributed by atoms with Gasteiger partial charge < -0.3 is 10.1 Å². The second-order valence-corrected chi connectivity index (χ2v) is 8.70. The average molecular weight is 445 g/mol. The third-order valence-electron chi connectivity index (χ3n) is 5.48. The molecule has 0 unspecified atom stereocenters. The van der Waals surface area contributed by atoms with Gasteiger partial charge in [0, 0.05) is 42.2 Å². The number of benzene rings is 2. The van der Waals surface area contributed by atoms with E-state index in [9.17, 15) is 4.79 Å². The van der Waals surface area contributed by atoms with E-state index in [4.69, 9.17) is 9.72 Å². The number of aromatic nitrogens is 2. The number of carbonyl (C=O) groups excluding carboxylic acids is 1. The van der Waals surface area contributed by atoms with Crippen molar-refractivity contribution in [3.8, 4) is 10.6 Å². The molecule has 1 amide bonds. The van der Waals surface area contributed by atoms with Gasteiger partial charge in [0.15, 0.2) is 0 Å². The highest BCUT2D eigenvalue weighted by atomic mass is 32.1. The molecule has 2 aromatic carbocycles. The third-order valence-corrected chi connectivity index (χ3v) is 6.42. The summed E-state index contributed by atoms with van der Waals surface area (Å²) in [6.07, 6.45) is 1.96. The molecule has 0 saturated carbocycles. The summed E-state index contributed by atoms with van der Waals surface area (Å²) in [7, 11) is 0. The van der Waals surface area contributed by atoms with E-state index >= 15 is 0 Å². The summed E-state index contributed by atoms with van der Waals surface area (Å²) in [5.41, 5.74) is 4.64. The third kappa shape index (κ3) is 4.85. The number of ether oxygens (including phenoxy) is 1. The van der Waals surface area contributed by atoms with Crippen molar-refractivity contribution >= 4 is 33.8 Å². The number of carbonyl (C=O) groups is 1. The Morgan fingerprint density at radius 2 is 1.94 bits per heavy atom. The lowest BCUT2D eigenvalue weighted by Gasteiger charge is -2.26. The van der Waals surface area contributed by atoms with E-state index in [1.165, 1.54) is 5.56 Å². The number of thiazole rings is 1. The Labute approximate surface area is 190 Å². The van der Waals surface area contributed by atoms with Crippen LogP contribution in [0.25, 0.3) is 21.5 Å². The van der Waals surface area contributed by atoms with E-state index in [-0.39, 0.29) is 12.3 Å². The summed E-state index contributed by atoms with van der Waals surface area (Å²) < 4.78 is 5.44. The maximum atomic E-state index is 12.7. The van der Waals surface area contributed by atoms with Crippen LogP contribution in [-0.4, -0.2) is 47.1 Å². The minimum atomic E-state index is -0.0962. The molecule has 1 aliphatic heterocycles. The largest absolute Gasteiger partial charge is 0.379 e. The molecule has 162 valence electrons. The van der Waals surface area contributed by atoms with Crippen LogP contribution in [0.3, 0.4) is 0 Å². The molecule has 0 atom stereocenters. The second kappa shape index (κ2) is 9.56. The molecule has 1 N–H and O–H groups in total. The monoisotopic (exact) mass is 444 g/mol. The minimum Gasteiger partial charge on any atom is -0.379 e. The van der Waals surface area contributed by atoms with Gasteiger partial charge >= 0.3 is 0 Å². The van der Waals surface area contributed by atoms with Crippen molar-refractivity contribution in [2.45, 2.75) is 13.0 Å². The lowest BCUT2D eigenvalue weighted by Crippen LogP contribution is -2.35. The molecular formula is C25H24N4O2S. The molecule has 4 aromatic rings. The summed E-state index contributed by atoms with van der Waals surface area (Å²) in [5, 5.41) is 6.88. The van der Waals surface area contributed by atoms with Gasteiger partial charge in [0.05, 0.1) is 36.5 Å². The number of rotatable bonds is 6. The van der Waals surface area contributed by atoms with Crippen molar-refractivity contribution in [1.82, 2.24) is 14.9 Å². The van der Waals surface area contributed by atoms with Crippen LogP contribution < -0.4 is 5.32 Å². The van der Waals surface area contributed by atoms with E-state index in [0.717, 1.165) is 65.7 Å². The fourth-order valence-electron chi connectivity index (χ4n) is 3.90. The number of fused-ring (bicyclic) bond motifs is 1. The first-order valence-corrected chi connectivity index (χ1v) is 11.6. The fourth-order valence-corrected chi connectivity index (χ4v) is 4.72. The Balaban J connectivity index is 1.25. The highest BCUT2D eigenvalue weighted by Gasteiger charge is 2.13. The van der Waals surface area contributed by atoms with Gasteiger partial charge in [-0.2, -0.15) is 0 Å². The molecule has 0 radical (unpaired) electrons. The van der Waals surface area contributed by atoms with E-state index in [2.05, 4.69) is 39.5 Å². The summed E-state index contributed by atoms with van der Waals surface area (Å²) in [6, 6.07) is 18.2. The Morgan fingerprint density at radius 1 is 1.09 bits per heavy atom. The number of hydrogen-bond donors (Lipinski definition) is 1. The molecule has 2 aromatic heterocycles. The van der Waals surface area contributed by atoms with Crippen molar-refractivity contribution in [2.75, 3.05) is 31.6 Å². The summed E-state index contributed by atoms with van der Waals surface area (Å²) >= 11 is 1.57. The maximum Gasteiger partial charge on any atom is 0.230 e. The molecule has 6 nitrogen and oxygen atoms in total. The normalized spacial score (nSPS) is 14.5. The molecular weight excluding hydrogens is 420 g/mol. The van der Waals surface area contributed by atoms with E-state index in [1.807, 2.05) is 35.7 Å². The van der Waals surface area contributed by atoms with Crippen molar-refractivity contribution in [3.05, 3.63) is 77.4 Å². The number of para-hydroxylation sites is 1. The second-order valence-electron chi connectivity index (χ2n) is 7.84. The van der Waals surface area contributed by atoms with Gasteiger partial charge in [-0.05, 0) is 23.8 Å². The number of nitrogens with zero attached hydrogens (tertiary/aromatic N) is 3. The van der Waals surface area contributed by atoms with Crippen LogP contribution >= 0.6 is 11.3 Å². The van der Waals surface area contributed by atoms with Crippen LogP contribution in [0.4, 0.5) is 5.69 Å². The van der Waals surface area contributed by atoms with Crippen molar-refractivity contribution in [3.63, 3.8) is 0 Å². The number of amides is 1. The van der Waals surface area contributed by atoms with Gasteiger partial charge in [-0.15, -0.1) is 11.3 Å². The molecule has 3 heterocycles. The molecule has 7 heteroatoms. The maximum absolute atomic E-state index is 12.7. The van der Waals surface area contributed by atoms with E-state index in [0.29, 0.717) is 0 Å². The Bertz CT molecular complexity index is 1230. The molecule has 1 saturated heterocycles. The molecule has 0 bridgehead atoms. The minimum absolute atomic E-state index is 0.0962. The van der Waals surface area contributed by atoms with Gasteiger partial charge in [-0.25, -0.2) is 4.98 Å². The zero-order valence-corrected chi connectivity index (χ0v) is 18.5. The first kappa shape index (κ1) is 20.8. The highest BCUT2D eigenvalue weighted by Crippen LogP contribution is 2.26. The first-order chi connectivity index (χ1) is 15.7. The van der Waals surface area contributed by atoms with Crippen molar-refractivity contribution in [1.29, 1.82) is 0 Å². The Morgan fingerprint density at radius 3 is 2.84 bits per heavy atom. The summed E-state index contributed by atoms with van der Waals surface area (Å²) in [6.45, 7) is 4.44. The van der Waals surface area contributed by atoms with Crippen LogP contribution in [0.2, 0.25) is 0 Å². The summed E-state index contributed by atoms with van der Waals surface area (Å²) in [5.74, 6) is -0.0962. The molecule has 0 spiro atoms. The van der Waals surface area contributed by atoms with E-state index in [1.54, 1.807) is 17.5 Å². The molecule has 32 heavy (non-hydrogen) atoms. The number of anilines is 1. The van der Waals surface area contributed by atoms with Crippen LogP contribution in [0.1, 0.15) is 11.3 Å². The number of nitrogens with one attached hydrogen (secondary N) is 1. The summed E-state index contributed by atoms with van der Waals surface area (Å²) in [4.78, 5) is 24.2. The van der Waals surface area contributed by atoms with Gasteiger partial charge in [0.1, 0.15) is 5.01 Å². The zero-order valence-electron chi connectivity index (χ0n) is 17.7. The molecule has 5 rings (SSSR count). The van der Waals surface area contributed by atoms with Crippen molar-refractivity contribution in [2.24, 2.45) is 0 Å². The van der Waals surface area contributed by atoms with Crippen LogP contribution in [0.5, 0.6) is 0 Å². The van der Waals surface area contributed by atoms with Gasteiger partial charge in [0.25, 0.3) is 0 Å². The lowest BCUT2D eigenvalue weighted by molar-refractivity contribution is -0.115. The van der Waals surface area contributed by atoms with Gasteiger partial charge in [0.2, 0.25) is 5.91 Å². The Hall–Kier alpha value is -3.13. The lowest BCUT2D eigenvalue weighted by atomic mass is 10.1. The van der Waals surface area contributed by atoms with Crippen LogP contribution in [0.15, 0.2) is 66.2 Å². The number of pyridine rings is 1. The zero-order chi connectivity index (χ0) is 21.8. The predicted octanol–water partition coefficient (Wildman–Crippen LogP) is 4.37. The van der Waals surface area contributed by atoms with Crippen molar-refractivity contribution < 1.29 is 9.53 Å². The Kier molecular flexibility index (Phi) is 6.20. The van der Waals surface area contributed by atoms with Gasteiger partial charge in [-0.1, -0.05) is 36.4 Å². The molecule has 1 aliphatic rings. The quantitative estimate of drug-likeness (QED) is 0.478.